The van der Waals surface area contributed by atoms with Crippen LogP contribution >= 0.6 is 11.3 Å². The Bertz CT molecular complexity index is 477. The quantitative estimate of drug-likeness (QED) is 0.655. The number of rotatable bonds is 1. The average molecular weight is 195 g/mol. The van der Waals surface area contributed by atoms with E-state index in [0.717, 1.165) is 4.70 Å². The number of fused-ring (bicyclic) bond motifs is 1. The Kier molecular flexibility index (Phi) is 1.84. The molecule has 0 aliphatic carbocycles. The Morgan fingerprint density at radius 2 is 2.31 bits per heavy atom. The monoisotopic (exact) mass is 195 g/mol. The normalized spacial score (nSPS) is 10.6. The molecule has 0 radical (unpaired) electrons. The summed E-state index contributed by atoms with van der Waals surface area (Å²) in [5.41, 5.74) is 2.37. The van der Waals surface area contributed by atoms with Gasteiger partial charge in [-0.15, -0.1) is 11.3 Å². The number of carbonyl (C=O) groups is 1. The molecule has 0 amide bonds. The topological polar surface area (TPSA) is 30.0 Å². The van der Waals surface area contributed by atoms with Crippen LogP contribution in [-0.2, 0) is 0 Å². The number of Topliss-reactive ketones (excluding diaryl/α,β-unsaturated/α-hetero) is 1. The zero-order valence-electron chi connectivity index (χ0n) is 6.87. The minimum Gasteiger partial charge on any atom is -0.294 e. The smallest absolute Gasteiger partial charge is 0.162 e. The first-order chi connectivity index (χ1) is 6.18. The fourth-order valence-corrected chi connectivity index (χ4v) is 1.85. The highest BCUT2D eigenvalue weighted by atomic mass is 32.1. The van der Waals surface area contributed by atoms with E-state index in [9.17, 15) is 9.18 Å². The summed E-state index contributed by atoms with van der Waals surface area (Å²) in [5.74, 6) is -0.751. The summed E-state index contributed by atoms with van der Waals surface area (Å²) in [6.45, 7) is 1.35. The predicted octanol–water partition coefficient (Wildman–Crippen LogP) is 2.64. The molecule has 1 aromatic carbocycles. The van der Waals surface area contributed by atoms with Crippen molar-refractivity contribution in [2.24, 2.45) is 0 Å². The van der Waals surface area contributed by atoms with Gasteiger partial charge >= 0.3 is 0 Å². The Morgan fingerprint density at radius 1 is 1.54 bits per heavy atom. The van der Waals surface area contributed by atoms with Crippen molar-refractivity contribution >= 4 is 27.3 Å². The van der Waals surface area contributed by atoms with E-state index in [2.05, 4.69) is 4.98 Å². The summed E-state index contributed by atoms with van der Waals surface area (Å²) in [4.78, 5) is 14.9. The first kappa shape index (κ1) is 8.31. The van der Waals surface area contributed by atoms with E-state index in [1.165, 1.54) is 24.3 Å². The number of halogens is 1. The molecule has 0 aliphatic heterocycles. The second-order valence-corrected chi connectivity index (χ2v) is 3.59. The second-order valence-electron chi connectivity index (χ2n) is 2.71. The van der Waals surface area contributed by atoms with Gasteiger partial charge in [-0.05, 0) is 13.0 Å². The first-order valence-electron chi connectivity index (χ1n) is 3.72. The van der Waals surface area contributed by atoms with E-state index in [1.807, 2.05) is 0 Å². The maximum Gasteiger partial charge on any atom is 0.162 e. The minimum absolute atomic E-state index is 0.136. The molecule has 2 nitrogen and oxygen atoms in total. The van der Waals surface area contributed by atoms with Gasteiger partial charge in [0.2, 0.25) is 0 Å². The molecule has 1 aromatic heterocycles. The molecule has 1 heterocycles. The van der Waals surface area contributed by atoms with Gasteiger partial charge < -0.3 is 0 Å². The largest absolute Gasteiger partial charge is 0.294 e. The van der Waals surface area contributed by atoms with Gasteiger partial charge in [0.25, 0.3) is 0 Å². The molecule has 2 aromatic rings. The molecule has 66 valence electrons. The maximum absolute atomic E-state index is 13.2. The number of carbonyl (C=O) groups excluding carboxylic acids is 1. The van der Waals surface area contributed by atoms with Crippen LogP contribution in [0.4, 0.5) is 4.39 Å². The Balaban J connectivity index is 2.76. The standard InChI is InChI=1S/C9H6FNOS/c1-5(12)6-2-9-8(3-7(6)10)11-4-13-9/h2-4H,1H3. The van der Waals surface area contributed by atoms with Crippen molar-refractivity contribution in [3.63, 3.8) is 0 Å². The SMILES string of the molecule is CC(=O)c1cc2scnc2cc1F. The maximum atomic E-state index is 13.2. The molecule has 0 bridgehead atoms. The van der Waals surface area contributed by atoms with Gasteiger partial charge in [0, 0.05) is 6.07 Å². The summed E-state index contributed by atoms with van der Waals surface area (Å²) < 4.78 is 14.0. The third-order valence-electron chi connectivity index (χ3n) is 1.80. The molecule has 0 saturated carbocycles. The van der Waals surface area contributed by atoms with Gasteiger partial charge in [0.15, 0.2) is 5.78 Å². The van der Waals surface area contributed by atoms with Crippen LogP contribution < -0.4 is 0 Å². The second kappa shape index (κ2) is 2.88. The fraction of sp³-hybridized carbons (Fsp3) is 0.111. The van der Waals surface area contributed by atoms with Crippen molar-refractivity contribution in [2.45, 2.75) is 6.92 Å². The number of aromatic nitrogens is 1. The van der Waals surface area contributed by atoms with Crippen LogP contribution in [0.15, 0.2) is 17.6 Å². The lowest BCUT2D eigenvalue weighted by Gasteiger charge is -1.97. The van der Waals surface area contributed by atoms with Crippen molar-refractivity contribution < 1.29 is 9.18 Å². The molecule has 0 aliphatic rings. The van der Waals surface area contributed by atoms with Gasteiger partial charge in [-0.2, -0.15) is 0 Å². The average Bonchev–Trinajstić information content (AvgIpc) is 2.48. The van der Waals surface area contributed by atoms with Crippen LogP contribution in [0.2, 0.25) is 0 Å². The van der Waals surface area contributed by atoms with E-state index in [0.29, 0.717) is 5.52 Å². The predicted molar refractivity (Wildman–Crippen MR) is 49.6 cm³/mol. The lowest BCUT2D eigenvalue weighted by Crippen LogP contribution is -1.95. The lowest BCUT2D eigenvalue weighted by atomic mass is 10.1. The molecule has 0 unspecified atom stereocenters. The summed E-state index contributed by atoms with van der Waals surface area (Å²) >= 11 is 1.40. The third kappa shape index (κ3) is 1.33. The van der Waals surface area contributed by atoms with Crippen LogP contribution in [0.3, 0.4) is 0 Å². The molecule has 0 atom stereocenters. The van der Waals surface area contributed by atoms with E-state index >= 15 is 0 Å². The van der Waals surface area contributed by atoms with Crippen molar-refractivity contribution in [3.05, 3.63) is 29.0 Å². The number of hydrogen-bond acceptors (Lipinski definition) is 3. The Hall–Kier alpha value is -1.29. The zero-order valence-corrected chi connectivity index (χ0v) is 7.69. The molecular formula is C9H6FNOS. The van der Waals surface area contributed by atoms with Gasteiger partial charge in [0.05, 0.1) is 21.3 Å². The number of nitrogens with zero attached hydrogens (tertiary/aromatic N) is 1. The van der Waals surface area contributed by atoms with E-state index in [-0.39, 0.29) is 11.3 Å². The molecular weight excluding hydrogens is 189 g/mol. The molecule has 0 spiro atoms. The summed E-state index contributed by atoms with van der Waals surface area (Å²) in [7, 11) is 0. The molecule has 13 heavy (non-hydrogen) atoms. The minimum atomic E-state index is -0.495. The zero-order chi connectivity index (χ0) is 9.42. The molecule has 0 saturated heterocycles. The van der Waals surface area contributed by atoms with Crippen LogP contribution in [0.25, 0.3) is 10.2 Å². The molecule has 2 rings (SSSR count). The van der Waals surface area contributed by atoms with E-state index < -0.39 is 5.82 Å². The Morgan fingerprint density at radius 3 is 3.00 bits per heavy atom. The van der Waals surface area contributed by atoms with Crippen LogP contribution in [0.1, 0.15) is 17.3 Å². The summed E-state index contributed by atoms with van der Waals surface area (Å²) in [5, 5.41) is 0. The molecule has 0 N–H and O–H groups in total. The highest BCUT2D eigenvalue weighted by Gasteiger charge is 2.09. The van der Waals surface area contributed by atoms with Gasteiger partial charge in [-0.1, -0.05) is 0 Å². The van der Waals surface area contributed by atoms with Crippen LogP contribution in [-0.4, -0.2) is 10.8 Å². The van der Waals surface area contributed by atoms with Crippen molar-refractivity contribution in [3.8, 4) is 0 Å². The van der Waals surface area contributed by atoms with Crippen molar-refractivity contribution in [1.82, 2.24) is 4.98 Å². The summed E-state index contributed by atoms with van der Waals surface area (Å²) in [6, 6.07) is 2.84. The van der Waals surface area contributed by atoms with Gasteiger partial charge in [0.1, 0.15) is 5.82 Å². The lowest BCUT2D eigenvalue weighted by molar-refractivity contribution is 0.101. The van der Waals surface area contributed by atoms with Crippen molar-refractivity contribution in [1.29, 1.82) is 0 Å². The number of benzene rings is 1. The third-order valence-corrected chi connectivity index (χ3v) is 2.59. The van der Waals surface area contributed by atoms with E-state index in [4.69, 9.17) is 0 Å². The van der Waals surface area contributed by atoms with Crippen LogP contribution in [0, 0.1) is 5.82 Å². The van der Waals surface area contributed by atoms with Gasteiger partial charge in [-0.25, -0.2) is 9.37 Å². The fourth-order valence-electron chi connectivity index (χ4n) is 1.15. The van der Waals surface area contributed by atoms with Crippen LogP contribution in [0.5, 0.6) is 0 Å². The van der Waals surface area contributed by atoms with Crippen molar-refractivity contribution in [2.75, 3.05) is 0 Å². The summed E-state index contributed by atoms with van der Waals surface area (Å²) in [6.07, 6.45) is 0. The molecule has 0 fully saturated rings. The van der Waals surface area contributed by atoms with Gasteiger partial charge in [-0.3, -0.25) is 4.79 Å². The highest BCUT2D eigenvalue weighted by molar-refractivity contribution is 7.16. The first-order valence-corrected chi connectivity index (χ1v) is 4.60. The number of hydrogen-bond donors (Lipinski definition) is 0. The number of thiazole rings is 1. The Labute approximate surface area is 78.0 Å². The highest BCUT2D eigenvalue weighted by Crippen LogP contribution is 2.21. The molecule has 4 heteroatoms. The number of ketones is 1. The van der Waals surface area contributed by atoms with E-state index in [1.54, 1.807) is 11.6 Å².